The highest BCUT2D eigenvalue weighted by Gasteiger charge is 2.22. The summed E-state index contributed by atoms with van der Waals surface area (Å²) in [7, 11) is 0. The molecule has 0 radical (unpaired) electrons. The van der Waals surface area contributed by atoms with Crippen LogP contribution in [0.3, 0.4) is 0 Å². The van der Waals surface area contributed by atoms with Gasteiger partial charge in [0.1, 0.15) is 10.9 Å². The van der Waals surface area contributed by atoms with E-state index in [9.17, 15) is 4.79 Å². The van der Waals surface area contributed by atoms with Gasteiger partial charge in [0.2, 0.25) is 5.91 Å². The van der Waals surface area contributed by atoms with Gasteiger partial charge in [-0.05, 0) is 35.4 Å². The number of halogens is 1. The Balaban J connectivity index is 1.62. The molecular weight excluding hydrogens is 362 g/mol. The van der Waals surface area contributed by atoms with E-state index in [0.717, 1.165) is 27.8 Å². The van der Waals surface area contributed by atoms with Crippen LogP contribution in [0.4, 0.5) is 0 Å². The van der Waals surface area contributed by atoms with E-state index in [1.165, 1.54) is 0 Å². The Morgan fingerprint density at radius 1 is 1.19 bits per heavy atom. The van der Waals surface area contributed by atoms with Crippen molar-refractivity contribution < 1.29 is 9.21 Å². The lowest BCUT2D eigenvalue weighted by atomic mass is 9.89. The molecule has 1 atom stereocenters. The molecule has 1 amide bonds. The summed E-state index contributed by atoms with van der Waals surface area (Å²) in [6, 6.07) is 15.4. The van der Waals surface area contributed by atoms with Gasteiger partial charge in [0.25, 0.3) is 0 Å². The maximum Gasteiger partial charge on any atom is 0.221 e. The van der Waals surface area contributed by atoms with Crippen molar-refractivity contribution in [2.45, 2.75) is 18.9 Å². The second-order valence-corrected chi connectivity index (χ2v) is 6.70. The largest absolute Gasteiger partial charge is 0.467 e. The van der Waals surface area contributed by atoms with E-state index in [-0.39, 0.29) is 11.8 Å². The molecule has 136 valence electrons. The van der Waals surface area contributed by atoms with E-state index in [1.54, 1.807) is 24.6 Å². The number of H-pyrrole nitrogens is 1. The lowest BCUT2D eigenvalue weighted by Gasteiger charge is -2.17. The third kappa shape index (κ3) is 3.88. The van der Waals surface area contributed by atoms with Gasteiger partial charge in [-0.15, -0.1) is 0 Å². The van der Waals surface area contributed by atoms with Crippen LogP contribution in [-0.4, -0.2) is 15.9 Å². The molecule has 27 heavy (non-hydrogen) atoms. The molecule has 6 heteroatoms. The summed E-state index contributed by atoms with van der Waals surface area (Å²) in [6.45, 7) is 0.366. The molecule has 1 aromatic carbocycles. The highest BCUT2D eigenvalue weighted by Crippen LogP contribution is 2.33. The number of fused-ring (bicyclic) bond motifs is 1. The Morgan fingerprint density at radius 3 is 2.85 bits per heavy atom. The predicted molar refractivity (Wildman–Crippen MR) is 105 cm³/mol. The third-order valence-corrected chi connectivity index (χ3v) is 4.80. The molecule has 0 aliphatic rings. The first-order valence-electron chi connectivity index (χ1n) is 8.67. The topological polar surface area (TPSA) is 70.9 Å². The zero-order valence-corrected chi connectivity index (χ0v) is 15.2. The fraction of sp³-hybridized carbons (Fsp3) is 0.143. The highest BCUT2D eigenvalue weighted by atomic mass is 35.5. The number of para-hydroxylation sites is 1. The minimum atomic E-state index is -0.137. The SMILES string of the molecule is O=C(C[C@H](c1ccc(Cl)nc1)c1c[nH]c2ccccc12)NCc1ccco1. The summed E-state index contributed by atoms with van der Waals surface area (Å²) in [5.41, 5.74) is 3.04. The molecule has 3 heterocycles. The van der Waals surface area contributed by atoms with Crippen LogP contribution in [-0.2, 0) is 11.3 Å². The molecule has 0 bridgehead atoms. The first kappa shape index (κ1) is 17.4. The number of nitrogens with one attached hydrogen (secondary N) is 2. The standard InChI is InChI=1S/C21H18ClN3O2/c22-20-8-7-14(11-24-20)17(10-21(26)25-12-15-4-3-9-27-15)18-13-23-19-6-2-1-5-16(18)19/h1-9,11,13,17,23H,10,12H2,(H,25,26)/t17-/m1/s1. The Kier molecular flexibility index (Phi) is 4.94. The van der Waals surface area contributed by atoms with E-state index in [1.807, 2.05) is 36.5 Å². The molecule has 3 aromatic heterocycles. The number of carbonyl (C=O) groups is 1. The summed E-state index contributed by atoms with van der Waals surface area (Å²) in [4.78, 5) is 20.1. The predicted octanol–water partition coefficient (Wildman–Crippen LogP) is 4.65. The highest BCUT2D eigenvalue weighted by molar-refractivity contribution is 6.29. The van der Waals surface area contributed by atoms with Gasteiger partial charge in [0.05, 0.1) is 12.8 Å². The smallest absolute Gasteiger partial charge is 0.221 e. The molecule has 5 nitrogen and oxygen atoms in total. The van der Waals surface area contributed by atoms with Crippen LogP contribution < -0.4 is 5.32 Å². The number of nitrogens with zero attached hydrogens (tertiary/aromatic N) is 1. The molecule has 0 aliphatic heterocycles. The van der Waals surface area contributed by atoms with Crippen LogP contribution in [0, 0.1) is 0 Å². The molecule has 2 N–H and O–H groups in total. The molecule has 0 unspecified atom stereocenters. The van der Waals surface area contributed by atoms with E-state index < -0.39 is 0 Å². The zero-order chi connectivity index (χ0) is 18.6. The van der Waals surface area contributed by atoms with Crippen LogP contribution in [0.25, 0.3) is 10.9 Å². The second-order valence-electron chi connectivity index (χ2n) is 6.32. The lowest BCUT2D eigenvalue weighted by molar-refractivity contribution is -0.121. The summed E-state index contributed by atoms with van der Waals surface area (Å²) in [5.74, 6) is 0.527. The van der Waals surface area contributed by atoms with E-state index >= 15 is 0 Å². The average Bonchev–Trinajstić information content (AvgIpc) is 3.35. The molecule has 0 spiro atoms. The summed E-state index contributed by atoms with van der Waals surface area (Å²) in [5, 5.41) is 4.44. The van der Waals surface area contributed by atoms with Gasteiger partial charge in [0, 0.05) is 35.6 Å². The number of aromatic amines is 1. The molecule has 0 saturated carbocycles. The number of hydrogen-bond acceptors (Lipinski definition) is 3. The van der Waals surface area contributed by atoms with E-state index in [2.05, 4.69) is 21.4 Å². The number of benzene rings is 1. The van der Waals surface area contributed by atoms with Gasteiger partial charge in [-0.1, -0.05) is 35.9 Å². The van der Waals surface area contributed by atoms with Gasteiger partial charge < -0.3 is 14.7 Å². The number of amides is 1. The fourth-order valence-corrected chi connectivity index (χ4v) is 3.35. The van der Waals surface area contributed by atoms with Crippen molar-refractivity contribution in [3.05, 3.63) is 89.2 Å². The Morgan fingerprint density at radius 2 is 2.07 bits per heavy atom. The number of pyridine rings is 1. The van der Waals surface area contributed by atoms with Crippen LogP contribution in [0.1, 0.15) is 29.2 Å². The Bertz CT molecular complexity index is 1040. The number of rotatable bonds is 6. The average molecular weight is 380 g/mol. The van der Waals surface area contributed by atoms with Gasteiger partial charge >= 0.3 is 0 Å². The third-order valence-electron chi connectivity index (χ3n) is 4.58. The Labute approximate surface area is 161 Å². The van der Waals surface area contributed by atoms with Crippen LogP contribution in [0.2, 0.25) is 5.15 Å². The van der Waals surface area contributed by atoms with Gasteiger partial charge in [-0.25, -0.2) is 4.98 Å². The fourth-order valence-electron chi connectivity index (χ4n) is 3.24. The quantitative estimate of drug-likeness (QED) is 0.479. The molecular formula is C21H18ClN3O2. The van der Waals surface area contributed by atoms with Crippen LogP contribution in [0.5, 0.6) is 0 Å². The number of furan rings is 1. The molecule has 4 rings (SSSR count). The van der Waals surface area contributed by atoms with Gasteiger partial charge in [-0.2, -0.15) is 0 Å². The molecule has 0 fully saturated rings. The number of carbonyl (C=O) groups excluding carboxylic acids is 1. The van der Waals surface area contributed by atoms with Crippen molar-refractivity contribution in [3.63, 3.8) is 0 Å². The lowest BCUT2D eigenvalue weighted by Crippen LogP contribution is -2.24. The van der Waals surface area contributed by atoms with Crippen LogP contribution in [0.15, 0.2) is 71.6 Å². The number of aromatic nitrogens is 2. The monoisotopic (exact) mass is 379 g/mol. The van der Waals surface area contributed by atoms with Crippen molar-refractivity contribution >= 4 is 28.4 Å². The minimum absolute atomic E-state index is 0.0587. The molecule has 4 aromatic rings. The molecule has 0 saturated heterocycles. The van der Waals surface area contributed by atoms with Crippen molar-refractivity contribution in [1.29, 1.82) is 0 Å². The maximum absolute atomic E-state index is 12.6. The first-order valence-corrected chi connectivity index (χ1v) is 9.05. The van der Waals surface area contributed by atoms with Crippen molar-refractivity contribution in [2.75, 3.05) is 0 Å². The van der Waals surface area contributed by atoms with Crippen molar-refractivity contribution in [2.24, 2.45) is 0 Å². The molecule has 0 aliphatic carbocycles. The summed E-state index contributed by atoms with van der Waals surface area (Å²) < 4.78 is 5.27. The van der Waals surface area contributed by atoms with E-state index in [4.69, 9.17) is 16.0 Å². The van der Waals surface area contributed by atoms with Gasteiger partial charge in [0.15, 0.2) is 0 Å². The summed E-state index contributed by atoms with van der Waals surface area (Å²) >= 11 is 5.94. The minimum Gasteiger partial charge on any atom is -0.467 e. The maximum atomic E-state index is 12.6. The zero-order valence-electron chi connectivity index (χ0n) is 14.5. The van der Waals surface area contributed by atoms with Crippen molar-refractivity contribution in [1.82, 2.24) is 15.3 Å². The second kappa shape index (κ2) is 7.68. The van der Waals surface area contributed by atoms with Crippen LogP contribution >= 0.6 is 11.6 Å². The van der Waals surface area contributed by atoms with E-state index in [0.29, 0.717) is 18.1 Å². The Hall–Kier alpha value is -3.05. The number of hydrogen-bond donors (Lipinski definition) is 2. The normalized spacial score (nSPS) is 12.2. The van der Waals surface area contributed by atoms with Gasteiger partial charge in [-0.3, -0.25) is 4.79 Å². The first-order chi connectivity index (χ1) is 13.2. The van der Waals surface area contributed by atoms with Crippen molar-refractivity contribution in [3.8, 4) is 0 Å². The summed E-state index contributed by atoms with van der Waals surface area (Å²) in [6.07, 6.45) is 5.58.